The Hall–Kier alpha value is -0.820. The molecule has 2 atom stereocenters. The van der Waals surface area contributed by atoms with E-state index < -0.39 is 0 Å². The van der Waals surface area contributed by atoms with Gasteiger partial charge in [0.2, 0.25) is 0 Å². The van der Waals surface area contributed by atoms with E-state index in [0.29, 0.717) is 0 Å². The Morgan fingerprint density at radius 1 is 1.14 bits per heavy atom. The molecule has 0 aromatic heterocycles. The lowest BCUT2D eigenvalue weighted by molar-refractivity contribution is 0.180. The SMILES string of the molecule is CC1CCC(c2ccccc2)CN1C. The second-order valence-corrected chi connectivity index (χ2v) is 4.47. The van der Waals surface area contributed by atoms with Gasteiger partial charge in [-0.15, -0.1) is 0 Å². The molecule has 1 heteroatoms. The average molecular weight is 189 g/mol. The molecule has 1 aromatic carbocycles. The second kappa shape index (κ2) is 4.14. The van der Waals surface area contributed by atoms with E-state index in [2.05, 4.69) is 49.2 Å². The highest BCUT2D eigenvalue weighted by atomic mass is 15.1. The Bertz CT molecular complexity index is 281. The van der Waals surface area contributed by atoms with Crippen LogP contribution in [0, 0.1) is 0 Å². The number of rotatable bonds is 1. The minimum atomic E-state index is 0.748. The number of hydrogen-bond donors (Lipinski definition) is 0. The molecule has 2 rings (SSSR count). The molecule has 1 nitrogen and oxygen atoms in total. The molecule has 1 fully saturated rings. The summed E-state index contributed by atoms with van der Waals surface area (Å²) in [5, 5.41) is 0. The summed E-state index contributed by atoms with van der Waals surface area (Å²) in [4.78, 5) is 2.47. The molecule has 0 spiro atoms. The van der Waals surface area contributed by atoms with Crippen LogP contribution in [-0.2, 0) is 0 Å². The lowest BCUT2D eigenvalue weighted by Crippen LogP contribution is -2.37. The zero-order valence-electron chi connectivity index (χ0n) is 9.11. The van der Waals surface area contributed by atoms with Gasteiger partial charge in [0, 0.05) is 12.6 Å². The monoisotopic (exact) mass is 189 g/mol. The van der Waals surface area contributed by atoms with Crippen molar-refractivity contribution in [1.29, 1.82) is 0 Å². The van der Waals surface area contributed by atoms with Crippen molar-refractivity contribution in [3.05, 3.63) is 35.9 Å². The van der Waals surface area contributed by atoms with Gasteiger partial charge in [0.1, 0.15) is 0 Å². The fourth-order valence-corrected chi connectivity index (χ4v) is 2.28. The van der Waals surface area contributed by atoms with Crippen molar-refractivity contribution < 1.29 is 0 Å². The first-order chi connectivity index (χ1) is 6.77. The highest BCUT2D eigenvalue weighted by Crippen LogP contribution is 2.28. The standard InChI is InChI=1S/C13H19N/c1-11-8-9-13(10-14(11)2)12-6-4-3-5-7-12/h3-7,11,13H,8-10H2,1-2H3. The zero-order chi connectivity index (χ0) is 9.97. The van der Waals surface area contributed by atoms with Crippen LogP contribution < -0.4 is 0 Å². The Labute approximate surface area is 86.7 Å². The number of nitrogens with zero attached hydrogens (tertiary/aromatic N) is 1. The molecule has 1 aliphatic rings. The maximum absolute atomic E-state index is 2.47. The molecule has 1 saturated heterocycles. The Balaban J connectivity index is 2.07. The molecule has 1 heterocycles. The van der Waals surface area contributed by atoms with Crippen molar-refractivity contribution in [1.82, 2.24) is 4.90 Å². The van der Waals surface area contributed by atoms with E-state index >= 15 is 0 Å². The van der Waals surface area contributed by atoms with E-state index in [9.17, 15) is 0 Å². The normalized spacial score (nSPS) is 29.0. The third kappa shape index (κ3) is 1.98. The molecule has 0 saturated carbocycles. The first-order valence-electron chi connectivity index (χ1n) is 5.52. The van der Waals surface area contributed by atoms with Crippen LogP contribution >= 0.6 is 0 Å². The second-order valence-electron chi connectivity index (χ2n) is 4.47. The van der Waals surface area contributed by atoms with E-state index in [1.807, 2.05) is 0 Å². The average Bonchev–Trinajstić information content (AvgIpc) is 2.23. The number of hydrogen-bond acceptors (Lipinski definition) is 1. The Kier molecular flexibility index (Phi) is 2.87. The van der Waals surface area contributed by atoms with E-state index in [4.69, 9.17) is 0 Å². The molecule has 1 aliphatic heterocycles. The first kappa shape index (κ1) is 9.72. The van der Waals surface area contributed by atoms with Crippen molar-refractivity contribution in [2.24, 2.45) is 0 Å². The fourth-order valence-electron chi connectivity index (χ4n) is 2.28. The van der Waals surface area contributed by atoms with Crippen molar-refractivity contribution in [3.8, 4) is 0 Å². The molecule has 0 N–H and O–H groups in total. The van der Waals surface area contributed by atoms with Gasteiger partial charge in [0.05, 0.1) is 0 Å². The van der Waals surface area contributed by atoms with Crippen molar-refractivity contribution >= 4 is 0 Å². The van der Waals surface area contributed by atoms with Crippen molar-refractivity contribution in [2.45, 2.75) is 31.7 Å². The van der Waals surface area contributed by atoms with E-state index in [1.165, 1.54) is 24.9 Å². The summed E-state index contributed by atoms with van der Waals surface area (Å²) in [6, 6.07) is 11.7. The number of benzene rings is 1. The van der Waals surface area contributed by atoms with Crippen LogP contribution in [0.3, 0.4) is 0 Å². The van der Waals surface area contributed by atoms with Crippen LogP contribution in [0.25, 0.3) is 0 Å². The number of likely N-dealkylation sites (tertiary alicyclic amines) is 1. The highest BCUT2D eigenvalue weighted by molar-refractivity contribution is 5.20. The van der Waals surface area contributed by atoms with Gasteiger partial charge in [-0.3, -0.25) is 0 Å². The van der Waals surface area contributed by atoms with E-state index in [0.717, 1.165) is 12.0 Å². The van der Waals surface area contributed by atoms with Crippen molar-refractivity contribution in [3.63, 3.8) is 0 Å². The highest BCUT2D eigenvalue weighted by Gasteiger charge is 2.23. The van der Waals surface area contributed by atoms with Gasteiger partial charge < -0.3 is 4.90 Å². The third-order valence-corrected chi connectivity index (χ3v) is 3.46. The van der Waals surface area contributed by atoms with Gasteiger partial charge in [-0.05, 0) is 38.3 Å². The summed E-state index contributed by atoms with van der Waals surface area (Å²) >= 11 is 0. The molecule has 76 valence electrons. The summed E-state index contributed by atoms with van der Waals surface area (Å²) < 4.78 is 0. The van der Waals surface area contributed by atoms with Crippen LogP contribution in [-0.4, -0.2) is 24.5 Å². The maximum atomic E-state index is 2.47. The molecular weight excluding hydrogens is 170 g/mol. The number of piperidine rings is 1. The Morgan fingerprint density at radius 2 is 1.86 bits per heavy atom. The molecule has 0 aliphatic carbocycles. The van der Waals surface area contributed by atoms with E-state index in [-0.39, 0.29) is 0 Å². The minimum absolute atomic E-state index is 0.748. The molecular formula is C13H19N. The fraction of sp³-hybridized carbons (Fsp3) is 0.538. The topological polar surface area (TPSA) is 3.24 Å². The summed E-state index contributed by atoms with van der Waals surface area (Å²) in [6.45, 7) is 3.53. The van der Waals surface area contributed by atoms with Gasteiger partial charge >= 0.3 is 0 Å². The summed E-state index contributed by atoms with van der Waals surface area (Å²) in [5.41, 5.74) is 1.51. The minimum Gasteiger partial charge on any atom is -0.303 e. The first-order valence-corrected chi connectivity index (χ1v) is 5.52. The van der Waals surface area contributed by atoms with Gasteiger partial charge in [0.25, 0.3) is 0 Å². The third-order valence-electron chi connectivity index (χ3n) is 3.46. The van der Waals surface area contributed by atoms with Gasteiger partial charge in [0.15, 0.2) is 0 Å². The quantitative estimate of drug-likeness (QED) is 0.656. The number of likely N-dealkylation sites (N-methyl/N-ethyl adjacent to an activating group) is 1. The molecule has 0 radical (unpaired) electrons. The molecule has 0 bridgehead atoms. The predicted octanol–water partition coefficient (Wildman–Crippen LogP) is 2.88. The molecule has 14 heavy (non-hydrogen) atoms. The molecule has 0 amide bonds. The van der Waals surface area contributed by atoms with Crippen LogP contribution in [0.4, 0.5) is 0 Å². The lowest BCUT2D eigenvalue weighted by atomic mass is 9.88. The summed E-state index contributed by atoms with van der Waals surface area (Å²) in [6.07, 6.45) is 2.67. The van der Waals surface area contributed by atoms with Crippen LogP contribution in [0.1, 0.15) is 31.2 Å². The summed E-state index contributed by atoms with van der Waals surface area (Å²) in [5.74, 6) is 0.748. The predicted molar refractivity (Wildman–Crippen MR) is 60.5 cm³/mol. The maximum Gasteiger partial charge on any atom is 0.00643 e. The largest absolute Gasteiger partial charge is 0.303 e. The van der Waals surface area contributed by atoms with Crippen LogP contribution in [0.5, 0.6) is 0 Å². The van der Waals surface area contributed by atoms with Crippen molar-refractivity contribution in [2.75, 3.05) is 13.6 Å². The molecule has 1 aromatic rings. The van der Waals surface area contributed by atoms with Gasteiger partial charge in [-0.1, -0.05) is 30.3 Å². The smallest absolute Gasteiger partial charge is 0.00643 e. The lowest BCUT2D eigenvalue weighted by Gasteiger charge is -2.35. The van der Waals surface area contributed by atoms with Crippen LogP contribution in [0.2, 0.25) is 0 Å². The Morgan fingerprint density at radius 3 is 2.50 bits per heavy atom. The van der Waals surface area contributed by atoms with Gasteiger partial charge in [-0.25, -0.2) is 0 Å². The summed E-state index contributed by atoms with van der Waals surface area (Å²) in [7, 11) is 2.24. The van der Waals surface area contributed by atoms with Crippen LogP contribution in [0.15, 0.2) is 30.3 Å². The van der Waals surface area contributed by atoms with E-state index in [1.54, 1.807) is 0 Å². The van der Waals surface area contributed by atoms with Gasteiger partial charge in [-0.2, -0.15) is 0 Å². The zero-order valence-corrected chi connectivity index (χ0v) is 9.11. The molecule has 2 unspecified atom stereocenters.